The van der Waals surface area contributed by atoms with Gasteiger partial charge in [0.25, 0.3) is 0 Å². The van der Waals surface area contributed by atoms with E-state index in [1.54, 1.807) is 0 Å². The maximum absolute atomic E-state index is 11.5. The van der Waals surface area contributed by atoms with E-state index < -0.39 is 6.09 Å². The van der Waals surface area contributed by atoms with Gasteiger partial charge in [0.05, 0.1) is 12.4 Å². The van der Waals surface area contributed by atoms with Crippen LogP contribution in [0.1, 0.15) is 37.3 Å². The molecule has 0 radical (unpaired) electrons. The van der Waals surface area contributed by atoms with Crippen molar-refractivity contribution in [3.05, 3.63) is 46.9 Å². The summed E-state index contributed by atoms with van der Waals surface area (Å²) in [4.78, 5) is 21.1. The van der Waals surface area contributed by atoms with Gasteiger partial charge in [-0.2, -0.15) is 0 Å². The van der Waals surface area contributed by atoms with Crippen LogP contribution in [-0.4, -0.2) is 39.2 Å². The topological polar surface area (TPSA) is 75.6 Å². The van der Waals surface area contributed by atoms with Crippen molar-refractivity contribution >= 4 is 17.7 Å². The fourth-order valence-electron chi connectivity index (χ4n) is 3.39. The van der Waals surface area contributed by atoms with Crippen LogP contribution in [-0.2, 0) is 6.42 Å². The summed E-state index contributed by atoms with van der Waals surface area (Å²) in [5.41, 5.74) is 2.33. The number of amides is 1. The first kappa shape index (κ1) is 18.5. The van der Waals surface area contributed by atoms with Crippen LogP contribution in [0, 0.1) is 5.92 Å². The number of ether oxygens (including phenoxy) is 1. The van der Waals surface area contributed by atoms with E-state index in [1.807, 2.05) is 18.2 Å². The molecule has 1 aromatic heterocycles. The zero-order chi connectivity index (χ0) is 18.7. The summed E-state index contributed by atoms with van der Waals surface area (Å²) in [5.74, 6) is 1.70. The summed E-state index contributed by atoms with van der Waals surface area (Å²) in [6.07, 6.45) is 3.66. The quantitative estimate of drug-likeness (QED) is 0.845. The lowest BCUT2D eigenvalue weighted by molar-refractivity contribution is 0.142. The van der Waals surface area contributed by atoms with Gasteiger partial charge in [0.2, 0.25) is 5.88 Å². The highest BCUT2D eigenvalue weighted by Crippen LogP contribution is 2.33. The SMILES string of the molecule is CC(C)CC1CN(C(=O)O)CCc2cc(Oc3cnc(Cl)cn3)ccc21. The maximum Gasteiger partial charge on any atom is 0.407 e. The summed E-state index contributed by atoms with van der Waals surface area (Å²) in [7, 11) is 0. The predicted octanol–water partition coefficient (Wildman–Crippen LogP) is 4.59. The van der Waals surface area contributed by atoms with E-state index in [1.165, 1.54) is 22.9 Å². The number of fused-ring (bicyclic) bond motifs is 1. The molecule has 1 aliphatic rings. The van der Waals surface area contributed by atoms with Crippen molar-refractivity contribution in [3.63, 3.8) is 0 Å². The Balaban J connectivity index is 1.87. The Labute approximate surface area is 157 Å². The lowest BCUT2D eigenvalue weighted by Crippen LogP contribution is -2.33. The first-order valence-electron chi connectivity index (χ1n) is 8.68. The predicted molar refractivity (Wildman–Crippen MR) is 99.1 cm³/mol. The van der Waals surface area contributed by atoms with Crippen molar-refractivity contribution in [2.45, 2.75) is 32.6 Å². The molecular formula is C19H22ClN3O3. The Morgan fingerprint density at radius 2 is 2.19 bits per heavy atom. The third kappa shape index (κ3) is 4.43. The Morgan fingerprint density at radius 3 is 2.85 bits per heavy atom. The first-order chi connectivity index (χ1) is 12.4. The third-order valence-corrected chi connectivity index (χ3v) is 4.69. The molecule has 2 aromatic rings. The minimum Gasteiger partial charge on any atom is -0.465 e. The smallest absolute Gasteiger partial charge is 0.407 e. The fourth-order valence-corrected chi connectivity index (χ4v) is 3.49. The number of hydrogen-bond donors (Lipinski definition) is 1. The molecule has 1 aliphatic heterocycles. The number of carbonyl (C=O) groups is 1. The molecule has 0 aliphatic carbocycles. The number of carboxylic acid groups (broad SMARTS) is 1. The van der Waals surface area contributed by atoms with Crippen LogP contribution in [0.3, 0.4) is 0 Å². The highest BCUT2D eigenvalue weighted by Gasteiger charge is 2.26. The van der Waals surface area contributed by atoms with Crippen LogP contribution in [0.5, 0.6) is 11.6 Å². The molecule has 2 heterocycles. The molecule has 0 saturated carbocycles. The van der Waals surface area contributed by atoms with Crippen molar-refractivity contribution in [1.29, 1.82) is 0 Å². The Hall–Kier alpha value is -2.34. The Kier molecular flexibility index (Phi) is 5.61. The molecule has 138 valence electrons. The van der Waals surface area contributed by atoms with Gasteiger partial charge < -0.3 is 14.7 Å². The van der Waals surface area contributed by atoms with Gasteiger partial charge >= 0.3 is 6.09 Å². The van der Waals surface area contributed by atoms with Crippen molar-refractivity contribution in [3.8, 4) is 11.6 Å². The first-order valence-corrected chi connectivity index (χ1v) is 9.06. The van der Waals surface area contributed by atoms with Gasteiger partial charge in [-0.15, -0.1) is 0 Å². The largest absolute Gasteiger partial charge is 0.465 e. The van der Waals surface area contributed by atoms with Gasteiger partial charge in [-0.05, 0) is 42.0 Å². The van der Waals surface area contributed by atoms with Crippen LogP contribution in [0.2, 0.25) is 5.15 Å². The van der Waals surface area contributed by atoms with E-state index in [0.717, 1.165) is 12.0 Å². The minimum atomic E-state index is -0.862. The molecule has 0 bridgehead atoms. The zero-order valence-electron chi connectivity index (χ0n) is 14.9. The van der Waals surface area contributed by atoms with E-state index in [2.05, 4.69) is 23.8 Å². The fraction of sp³-hybridized carbons (Fsp3) is 0.421. The molecule has 1 atom stereocenters. The van der Waals surface area contributed by atoms with Gasteiger partial charge in [0.15, 0.2) is 0 Å². The molecule has 7 heteroatoms. The van der Waals surface area contributed by atoms with Crippen LogP contribution < -0.4 is 4.74 Å². The van der Waals surface area contributed by atoms with Gasteiger partial charge in [-0.1, -0.05) is 31.5 Å². The summed E-state index contributed by atoms with van der Waals surface area (Å²) < 4.78 is 5.77. The Bertz CT molecular complexity index is 780. The summed E-state index contributed by atoms with van der Waals surface area (Å²) >= 11 is 5.74. The van der Waals surface area contributed by atoms with E-state index in [9.17, 15) is 9.90 Å². The molecule has 26 heavy (non-hydrogen) atoms. The van der Waals surface area contributed by atoms with E-state index >= 15 is 0 Å². The highest BCUT2D eigenvalue weighted by atomic mass is 35.5. The van der Waals surface area contributed by atoms with Crippen LogP contribution >= 0.6 is 11.6 Å². The van der Waals surface area contributed by atoms with E-state index in [0.29, 0.717) is 42.2 Å². The minimum absolute atomic E-state index is 0.188. The van der Waals surface area contributed by atoms with Crippen molar-refractivity contribution < 1.29 is 14.6 Å². The number of hydrogen-bond acceptors (Lipinski definition) is 4. The van der Waals surface area contributed by atoms with Crippen molar-refractivity contribution in [2.24, 2.45) is 5.92 Å². The zero-order valence-corrected chi connectivity index (χ0v) is 15.6. The second kappa shape index (κ2) is 7.91. The molecule has 1 N–H and O–H groups in total. The van der Waals surface area contributed by atoms with E-state index in [-0.39, 0.29) is 5.92 Å². The average molecular weight is 376 g/mol. The summed E-state index contributed by atoms with van der Waals surface area (Å²) in [5, 5.41) is 9.75. The molecule has 0 fully saturated rings. The van der Waals surface area contributed by atoms with Crippen LogP contribution in [0.15, 0.2) is 30.6 Å². The number of nitrogens with zero attached hydrogens (tertiary/aromatic N) is 3. The van der Waals surface area contributed by atoms with E-state index in [4.69, 9.17) is 16.3 Å². The van der Waals surface area contributed by atoms with Crippen LogP contribution in [0.25, 0.3) is 0 Å². The third-order valence-electron chi connectivity index (χ3n) is 4.49. The molecular weight excluding hydrogens is 354 g/mol. The number of benzene rings is 1. The molecule has 1 amide bonds. The molecule has 3 rings (SSSR count). The lowest BCUT2D eigenvalue weighted by atomic mass is 9.87. The summed E-state index contributed by atoms with van der Waals surface area (Å²) in [6.45, 7) is 5.34. The number of rotatable bonds is 4. The summed E-state index contributed by atoms with van der Waals surface area (Å²) in [6, 6.07) is 5.93. The normalized spacial score (nSPS) is 16.9. The van der Waals surface area contributed by atoms with Crippen LogP contribution in [0.4, 0.5) is 4.79 Å². The highest BCUT2D eigenvalue weighted by molar-refractivity contribution is 6.29. The van der Waals surface area contributed by atoms with Crippen molar-refractivity contribution in [2.75, 3.05) is 13.1 Å². The molecule has 0 saturated heterocycles. The Morgan fingerprint density at radius 1 is 1.38 bits per heavy atom. The lowest BCUT2D eigenvalue weighted by Gasteiger charge is -2.24. The van der Waals surface area contributed by atoms with Gasteiger partial charge in [-0.25, -0.2) is 14.8 Å². The monoisotopic (exact) mass is 375 g/mol. The molecule has 1 unspecified atom stereocenters. The molecule has 0 spiro atoms. The number of aromatic nitrogens is 2. The number of halogens is 1. The molecule has 6 nitrogen and oxygen atoms in total. The maximum atomic E-state index is 11.5. The van der Waals surface area contributed by atoms with Gasteiger partial charge in [0, 0.05) is 19.0 Å². The average Bonchev–Trinajstić information content (AvgIpc) is 2.76. The molecule has 1 aromatic carbocycles. The second-order valence-electron chi connectivity index (χ2n) is 6.95. The second-order valence-corrected chi connectivity index (χ2v) is 7.33. The van der Waals surface area contributed by atoms with Gasteiger partial charge in [-0.3, -0.25) is 0 Å². The van der Waals surface area contributed by atoms with Crippen molar-refractivity contribution in [1.82, 2.24) is 14.9 Å². The standard InChI is InChI=1S/C19H22ClN3O3/c1-12(2)7-14-11-23(19(24)25)6-5-13-8-15(3-4-16(13)14)26-18-10-21-17(20)9-22-18/h3-4,8-10,12,14H,5-7,11H2,1-2H3,(H,24,25). The van der Waals surface area contributed by atoms with Gasteiger partial charge in [0.1, 0.15) is 10.9 Å².